The van der Waals surface area contributed by atoms with Gasteiger partial charge in [0.15, 0.2) is 0 Å². The van der Waals surface area contributed by atoms with Crippen LogP contribution in [0.25, 0.3) is 10.1 Å². The zero-order valence-corrected chi connectivity index (χ0v) is 9.15. The molecule has 2 nitrogen and oxygen atoms in total. The van der Waals surface area contributed by atoms with Gasteiger partial charge < -0.3 is 9.84 Å². The first-order valence-electron chi connectivity index (χ1n) is 4.12. The van der Waals surface area contributed by atoms with E-state index in [0.717, 1.165) is 20.7 Å². The van der Waals surface area contributed by atoms with Gasteiger partial charge in [-0.25, -0.2) is 0 Å². The lowest BCUT2D eigenvalue weighted by Crippen LogP contribution is -1.80. The third kappa shape index (κ3) is 1.47. The van der Waals surface area contributed by atoms with Crippen molar-refractivity contribution in [2.24, 2.45) is 0 Å². The molecule has 0 spiro atoms. The van der Waals surface area contributed by atoms with Crippen LogP contribution in [0.1, 0.15) is 4.88 Å². The number of hydrogen-bond donors (Lipinski definition) is 1. The van der Waals surface area contributed by atoms with Crippen molar-refractivity contribution in [1.29, 1.82) is 0 Å². The summed E-state index contributed by atoms with van der Waals surface area (Å²) >= 11 is 7.55. The second-order valence-electron chi connectivity index (χ2n) is 2.86. The van der Waals surface area contributed by atoms with Crippen LogP contribution in [0.5, 0.6) is 5.75 Å². The van der Waals surface area contributed by atoms with E-state index in [-0.39, 0.29) is 6.61 Å². The maximum Gasteiger partial charge on any atom is 0.120 e. The van der Waals surface area contributed by atoms with Crippen LogP contribution in [-0.2, 0) is 6.61 Å². The molecule has 2 rings (SSSR count). The van der Waals surface area contributed by atoms with E-state index < -0.39 is 0 Å². The van der Waals surface area contributed by atoms with Gasteiger partial charge in [-0.1, -0.05) is 11.6 Å². The number of ether oxygens (including phenoxy) is 1. The van der Waals surface area contributed by atoms with E-state index in [2.05, 4.69) is 0 Å². The predicted octanol–water partition coefficient (Wildman–Crippen LogP) is 3.06. The summed E-state index contributed by atoms with van der Waals surface area (Å²) in [5.41, 5.74) is 0. The summed E-state index contributed by atoms with van der Waals surface area (Å²) in [6.07, 6.45) is 0. The van der Waals surface area contributed by atoms with Gasteiger partial charge in [-0.15, -0.1) is 11.3 Å². The molecular weight excluding hydrogens is 220 g/mol. The molecule has 0 unspecified atom stereocenters. The lowest BCUT2D eigenvalue weighted by atomic mass is 10.2. The second-order valence-corrected chi connectivity index (χ2v) is 4.37. The highest BCUT2D eigenvalue weighted by molar-refractivity contribution is 7.19. The Morgan fingerprint density at radius 3 is 2.93 bits per heavy atom. The fraction of sp³-hybridized carbons (Fsp3) is 0.200. The van der Waals surface area contributed by atoms with E-state index in [1.807, 2.05) is 18.2 Å². The zero-order chi connectivity index (χ0) is 10.1. The minimum absolute atomic E-state index is 0.0134. The van der Waals surface area contributed by atoms with E-state index >= 15 is 0 Å². The molecule has 2 aromatic rings. The fourth-order valence-corrected chi connectivity index (χ4v) is 2.71. The van der Waals surface area contributed by atoms with Crippen LogP contribution in [0.15, 0.2) is 18.2 Å². The Morgan fingerprint density at radius 1 is 1.50 bits per heavy atom. The maximum absolute atomic E-state index is 9.04. The van der Waals surface area contributed by atoms with Crippen LogP contribution < -0.4 is 4.74 Å². The molecule has 0 fully saturated rings. The number of methoxy groups -OCH3 is 1. The highest BCUT2D eigenvalue weighted by Crippen LogP contribution is 2.36. The average Bonchev–Trinajstić information content (AvgIpc) is 2.55. The molecule has 0 aliphatic rings. The van der Waals surface area contributed by atoms with Gasteiger partial charge in [-0.3, -0.25) is 0 Å². The van der Waals surface area contributed by atoms with Gasteiger partial charge in [0.05, 0.1) is 18.7 Å². The summed E-state index contributed by atoms with van der Waals surface area (Å²) in [4.78, 5) is 0.801. The first-order valence-corrected chi connectivity index (χ1v) is 5.31. The van der Waals surface area contributed by atoms with Gasteiger partial charge in [0.1, 0.15) is 5.75 Å². The molecule has 0 amide bonds. The van der Waals surface area contributed by atoms with Crippen molar-refractivity contribution in [3.8, 4) is 5.75 Å². The van der Waals surface area contributed by atoms with Crippen LogP contribution in [-0.4, -0.2) is 12.2 Å². The summed E-state index contributed by atoms with van der Waals surface area (Å²) in [6.45, 7) is -0.0134. The number of aliphatic hydroxyl groups is 1. The minimum Gasteiger partial charge on any atom is -0.497 e. The Balaban J connectivity index is 2.66. The van der Waals surface area contributed by atoms with Crippen LogP contribution in [0.4, 0.5) is 0 Å². The monoisotopic (exact) mass is 228 g/mol. The summed E-state index contributed by atoms with van der Waals surface area (Å²) in [5.74, 6) is 0.805. The Hall–Kier alpha value is -0.770. The Bertz CT molecular complexity index is 464. The first-order chi connectivity index (χ1) is 6.76. The Morgan fingerprint density at radius 2 is 2.29 bits per heavy atom. The molecule has 1 heterocycles. The number of benzene rings is 1. The number of hydrogen-bond acceptors (Lipinski definition) is 3. The van der Waals surface area contributed by atoms with Crippen molar-refractivity contribution in [1.82, 2.24) is 0 Å². The van der Waals surface area contributed by atoms with Crippen LogP contribution in [0, 0.1) is 0 Å². The predicted molar refractivity (Wildman–Crippen MR) is 59.3 cm³/mol. The Kier molecular flexibility index (Phi) is 2.63. The van der Waals surface area contributed by atoms with Gasteiger partial charge in [-0.05, 0) is 18.2 Å². The third-order valence-electron chi connectivity index (χ3n) is 2.05. The number of halogens is 1. The van der Waals surface area contributed by atoms with Crippen molar-refractivity contribution in [2.75, 3.05) is 7.11 Å². The maximum atomic E-state index is 9.04. The third-order valence-corrected chi connectivity index (χ3v) is 3.73. The zero-order valence-electron chi connectivity index (χ0n) is 7.58. The molecule has 0 aliphatic carbocycles. The van der Waals surface area contributed by atoms with Crippen molar-refractivity contribution < 1.29 is 9.84 Å². The van der Waals surface area contributed by atoms with E-state index in [0.29, 0.717) is 5.02 Å². The molecule has 1 aromatic heterocycles. The van der Waals surface area contributed by atoms with Crippen LogP contribution in [0.2, 0.25) is 5.02 Å². The second kappa shape index (κ2) is 3.77. The highest BCUT2D eigenvalue weighted by atomic mass is 35.5. The normalized spacial score (nSPS) is 10.8. The van der Waals surface area contributed by atoms with Crippen LogP contribution in [0.3, 0.4) is 0 Å². The first kappa shape index (κ1) is 9.77. The molecular formula is C10H9ClO2S. The summed E-state index contributed by atoms with van der Waals surface area (Å²) in [5, 5.41) is 10.7. The topological polar surface area (TPSA) is 29.5 Å². The van der Waals surface area contributed by atoms with Gasteiger partial charge in [0.2, 0.25) is 0 Å². The molecule has 0 aliphatic heterocycles. The van der Waals surface area contributed by atoms with Crippen LogP contribution >= 0.6 is 22.9 Å². The quantitative estimate of drug-likeness (QED) is 0.856. The summed E-state index contributed by atoms with van der Waals surface area (Å²) in [6, 6.07) is 5.69. The largest absolute Gasteiger partial charge is 0.497 e. The van der Waals surface area contributed by atoms with Gasteiger partial charge in [0, 0.05) is 15.0 Å². The molecule has 1 N–H and O–H groups in total. The molecule has 0 radical (unpaired) electrons. The number of aliphatic hydroxyl groups excluding tert-OH is 1. The minimum atomic E-state index is -0.0134. The lowest BCUT2D eigenvalue weighted by molar-refractivity contribution is 0.285. The molecule has 0 bridgehead atoms. The Labute approximate surface area is 90.7 Å². The molecule has 0 saturated heterocycles. The fourth-order valence-electron chi connectivity index (χ4n) is 1.32. The molecule has 1 aromatic carbocycles. The van der Waals surface area contributed by atoms with Crippen molar-refractivity contribution in [3.63, 3.8) is 0 Å². The SMILES string of the molecule is COc1ccc2c(Cl)c(CO)sc2c1. The number of thiophene rings is 1. The number of fused-ring (bicyclic) bond motifs is 1. The van der Waals surface area contributed by atoms with Gasteiger partial charge in [-0.2, -0.15) is 0 Å². The summed E-state index contributed by atoms with van der Waals surface area (Å²) in [7, 11) is 1.63. The molecule has 0 atom stereocenters. The van der Waals surface area contributed by atoms with E-state index in [4.69, 9.17) is 21.4 Å². The smallest absolute Gasteiger partial charge is 0.120 e. The van der Waals surface area contributed by atoms with E-state index in [1.54, 1.807) is 7.11 Å². The van der Waals surface area contributed by atoms with E-state index in [9.17, 15) is 0 Å². The lowest BCUT2D eigenvalue weighted by Gasteiger charge is -1.97. The average molecular weight is 229 g/mol. The van der Waals surface area contributed by atoms with Gasteiger partial charge in [0.25, 0.3) is 0 Å². The highest BCUT2D eigenvalue weighted by Gasteiger charge is 2.09. The van der Waals surface area contributed by atoms with E-state index in [1.165, 1.54) is 11.3 Å². The van der Waals surface area contributed by atoms with Crippen molar-refractivity contribution in [3.05, 3.63) is 28.1 Å². The van der Waals surface area contributed by atoms with Crippen molar-refractivity contribution >= 4 is 33.0 Å². The molecule has 0 saturated carbocycles. The van der Waals surface area contributed by atoms with Crippen molar-refractivity contribution in [2.45, 2.75) is 6.61 Å². The standard InChI is InChI=1S/C10H9ClO2S/c1-13-6-2-3-7-8(4-6)14-9(5-12)10(7)11/h2-4,12H,5H2,1H3. The summed E-state index contributed by atoms with van der Waals surface area (Å²) < 4.78 is 6.15. The molecule has 14 heavy (non-hydrogen) atoms. The van der Waals surface area contributed by atoms with Gasteiger partial charge >= 0.3 is 0 Å². The number of rotatable bonds is 2. The molecule has 4 heteroatoms. The molecule has 74 valence electrons.